The number of hydrogen-bond donors (Lipinski definition) is 1. The molecule has 1 heterocycles. The number of fused-ring (bicyclic) bond motifs is 1. The van der Waals surface area contributed by atoms with Gasteiger partial charge in [0.2, 0.25) is 0 Å². The van der Waals surface area contributed by atoms with Gasteiger partial charge in [-0.15, -0.1) is 0 Å². The van der Waals surface area contributed by atoms with Crippen LogP contribution in [0.5, 0.6) is 11.5 Å². The molecule has 1 aromatic carbocycles. The quantitative estimate of drug-likeness (QED) is 0.911. The Balaban J connectivity index is 2.59. The molecule has 0 saturated heterocycles. The highest BCUT2D eigenvalue weighted by Gasteiger charge is 2.46. The standard InChI is InChI=1S/C15H21NO3/c1-5-15(6-2)14(18)16(10(3)4)12-9-11(17)7-8-13(12)19-15/h7-10,17H,5-6H2,1-4H3. The van der Waals surface area contributed by atoms with Crippen molar-refractivity contribution in [3.63, 3.8) is 0 Å². The van der Waals surface area contributed by atoms with Crippen LogP contribution in [0.15, 0.2) is 18.2 Å². The zero-order valence-electron chi connectivity index (χ0n) is 11.9. The zero-order valence-corrected chi connectivity index (χ0v) is 11.9. The number of amides is 1. The lowest BCUT2D eigenvalue weighted by Gasteiger charge is -2.43. The molecule has 1 aromatic rings. The van der Waals surface area contributed by atoms with Crippen molar-refractivity contribution in [3.8, 4) is 11.5 Å². The molecule has 0 aliphatic carbocycles. The van der Waals surface area contributed by atoms with Crippen LogP contribution in [-0.2, 0) is 4.79 Å². The first-order valence-corrected chi connectivity index (χ1v) is 6.81. The summed E-state index contributed by atoms with van der Waals surface area (Å²) >= 11 is 0. The van der Waals surface area contributed by atoms with E-state index in [0.29, 0.717) is 24.3 Å². The molecule has 0 aromatic heterocycles. The molecule has 1 aliphatic rings. The molecule has 4 heteroatoms. The number of benzene rings is 1. The number of anilines is 1. The fraction of sp³-hybridized carbons (Fsp3) is 0.533. The van der Waals surface area contributed by atoms with E-state index in [0.717, 1.165) is 0 Å². The molecular weight excluding hydrogens is 242 g/mol. The van der Waals surface area contributed by atoms with Crippen molar-refractivity contribution in [3.05, 3.63) is 18.2 Å². The highest BCUT2D eigenvalue weighted by atomic mass is 16.5. The second-order valence-electron chi connectivity index (χ2n) is 5.22. The Morgan fingerprint density at radius 3 is 2.47 bits per heavy atom. The number of carbonyl (C=O) groups excluding carboxylic acids is 1. The summed E-state index contributed by atoms with van der Waals surface area (Å²) in [7, 11) is 0. The highest BCUT2D eigenvalue weighted by Crippen LogP contribution is 2.42. The highest BCUT2D eigenvalue weighted by molar-refractivity contribution is 6.03. The predicted octanol–water partition coefficient (Wildman–Crippen LogP) is 3.08. The number of aromatic hydroxyl groups is 1. The monoisotopic (exact) mass is 263 g/mol. The van der Waals surface area contributed by atoms with Crippen LogP contribution in [0.3, 0.4) is 0 Å². The lowest BCUT2D eigenvalue weighted by Crippen LogP contribution is -2.57. The normalized spacial score (nSPS) is 17.3. The van der Waals surface area contributed by atoms with Crippen molar-refractivity contribution in [1.29, 1.82) is 0 Å². The Morgan fingerprint density at radius 2 is 1.95 bits per heavy atom. The molecule has 0 bridgehead atoms. The van der Waals surface area contributed by atoms with Gasteiger partial charge in [0.15, 0.2) is 5.60 Å². The van der Waals surface area contributed by atoms with E-state index in [4.69, 9.17) is 4.74 Å². The first-order valence-electron chi connectivity index (χ1n) is 6.81. The Kier molecular flexibility index (Phi) is 3.43. The van der Waals surface area contributed by atoms with Gasteiger partial charge in [0.05, 0.1) is 5.69 Å². The summed E-state index contributed by atoms with van der Waals surface area (Å²) in [6.45, 7) is 7.86. The molecule has 19 heavy (non-hydrogen) atoms. The molecule has 1 N–H and O–H groups in total. The number of nitrogens with zero attached hydrogens (tertiary/aromatic N) is 1. The third-order valence-electron chi connectivity index (χ3n) is 3.77. The fourth-order valence-electron chi connectivity index (χ4n) is 2.57. The van der Waals surface area contributed by atoms with E-state index in [1.54, 1.807) is 23.1 Å². The van der Waals surface area contributed by atoms with Gasteiger partial charge in [-0.3, -0.25) is 4.79 Å². The maximum atomic E-state index is 12.7. The Morgan fingerprint density at radius 1 is 1.32 bits per heavy atom. The van der Waals surface area contributed by atoms with E-state index in [1.807, 2.05) is 27.7 Å². The topological polar surface area (TPSA) is 49.8 Å². The second-order valence-corrected chi connectivity index (χ2v) is 5.22. The molecule has 0 unspecified atom stereocenters. The van der Waals surface area contributed by atoms with E-state index >= 15 is 0 Å². The summed E-state index contributed by atoms with van der Waals surface area (Å²) in [4.78, 5) is 14.5. The molecule has 2 rings (SSSR count). The van der Waals surface area contributed by atoms with Crippen LogP contribution in [0.1, 0.15) is 40.5 Å². The third-order valence-corrected chi connectivity index (χ3v) is 3.77. The maximum Gasteiger partial charge on any atom is 0.271 e. The first kappa shape index (κ1) is 13.7. The van der Waals surface area contributed by atoms with Gasteiger partial charge in [0, 0.05) is 12.1 Å². The van der Waals surface area contributed by atoms with E-state index in [9.17, 15) is 9.90 Å². The van der Waals surface area contributed by atoms with Crippen molar-refractivity contribution in [1.82, 2.24) is 0 Å². The number of rotatable bonds is 3. The van der Waals surface area contributed by atoms with Gasteiger partial charge < -0.3 is 14.7 Å². The van der Waals surface area contributed by atoms with Crippen molar-refractivity contribution >= 4 is 11.6 Å². The summed E-state index contributed by atoms with van der Waals surface area (Å²) in [5.41, 5.74) is -0.133. The molecule has 0 fully saturated rings. The van der Waals surface area contributed by atoms with Gasteiger partial charge in [-0.05, 0) is 38.8 Å². The molecule has 0 spiro atoms. The minimum Gasteiger partial charge on any atom is -0.508 e. The van der Waals surface area contributed by atoms with Gasteiger partial charge in [-0.2, -0.15) is 0 Å². The van der Waals surface area contributed by atoms with Crippen molar-refractivity contribution in [2.45, 2.75) is 52.2 Å². The van der Waals surface area contributed by atoms with E-state index in [-0.39, 0.29) is 17.7 Å². The number of carbonyl (C=O) groups is 1. The average molecular weight is 263 g/mol. The predicted molar refractivity (Wildman–Crippen MR) is 74.7 cm³/mol. The van der Waals surface area contributed by atoms with Gasteiger partial charge in [-0.25, -0.2) is 0 Å². The number of phenolic OH excluding ortho intramolecular Hbond substituents is 1. The number of phenols is 1. The summed E-state index contributed by atoms with van der Waals surface area (Å²) in [5.74, 6) is 0.779. The van der Waals surface area contributed by atoms with Crippen molar-refractivity contribution < 1.29 is 14.6 Å². The van der Waals surface area contributed by atoms with Crippen LogP contribution in [0, 0.1) is 0 Å². The van der Waals surface area contributed by atoms with Gasteiger partial charge in [0.25, 0.3) is 5.91 Å². The van der Waals surface area contributed by atoms with E-state index in [2.05, 4.69) is 0 Å². The maximum absolute atomic E-state index is 12.7. The molecule has 0 saturated carbocycles. The molecule has 4 nitrogen and oxygen atoms in total. The minimum absolute atomic E-state index is 0.0226. The molecule has 0 atom stereocenters. The Bertz CT molecular complexity index is 492. The van der Waals surface area contributed by atoms with Gasteiger partial charge in [-0.1, -0.05) is 13.8 Å². The van der Waals surface area contributed by atoms with Gasteiger partial charge in [0.1, 0.15) is 11.5 Å². The average Bonchev–Trinajstić information content (AvgIpc) is 2.38. The Labute approximate surface area is 114 Å². The summed E-state index contributed by atoms with van der Waals surface area (Å²) < 4.78 is 5.96. The van der Waals surface area contributed by atoms with Crippen molar-refractivity contribution in [2.75, 3.05) is 4.90 Å². The van der Waals surface area contributed by atoms with E-state index in [1.165, 1.54) is 0 Å². The van der Waals surface area contributed by atoms with Crippen LogP contribution in [-0.4, -0.2) is 22.7 Å². The number of ether oxygens (including phenoxy) is 1. The smallest absolute Gasteiger partial charge is 0.271 e. The molecule has 1 amide bonds. The SMILES string of the molecule is CCC1(CC)Oc2ccc(O)cc2N(C(C)C)C1=O. The lowest BCUT2D eigenvalue weighted by atomic mass is 9.92. The summed E-state index contributed by atoms with van der Waals surface area (Å²) in [6.07, 6.45) is 1.26. The van der Waals surface area contributed by atoms with E-state index < -0.39 is 5.60 Å². The largest absolute Gasteiger partial charge is 0.508 e. The van der Waals surface area contributed by atoms with Crippen LogP contribution in [0.25, 0.3) is 0 Å². The summed E-state index contributed by atoms with van der Waals surface area (Å²) in [6, 6.07) is 4.92. The van der Waals surface area contributed by atoms with Crippen molar-refractivity contribution in [2.24, 2.45) is 0 Å². The third kappa shape index (κ3) is 2.05. The van der Waals surface area contributed by atoms with Crippen LogP contribution >= 0.6 is 0 Å². The number of hydrogen-bond acceptors (Lipinski definition) is 3. The molecule has 1 aliphatic heterocycles. The molecular formula is C15H21NO3. The molecule has 104 valence electrons. The van der Waals surface area contributed by atoms with Crippen LogP contribution < -0.4 is 9.64 Å². The lowest BCUT2D eigenvalue weighted by molar-refractivity contribution is -0.136. The fourth-order valence-corrected chi connectivity index (χ4v) is 2.57. The van der Waals surface area contributed by atoms with Gasteiger partial charge >= 0.3 is 0 Å². The summed E-state index contributed by atoms with van der Waals surface area (Å²) in [5, 5.41) is 9.63. The molecule has 0 radical (unpaired) electrons. The first-order chi connectivity index (χ1) is 8.95. The zero-order chi connectivity index (χ0) is 14.2. The second kappa shape index (κ2) is 4.76. The van der Waals surface area contributed by atoms with Crippen LogP contribution in [0.4, 0.5) is 5.69 Å². The van der Waals surface area contributed by atoms with Crippen LogP contribution in [0.2, 0.25) is 0 Å². The minimum atomic E-state index is -0.783. The Hall–Kier alpha value is -1.71.